The van der Waals surface area contributed by atoms with Crippen molar-refractivity contribution in [3.63, 3.8) is 0 Å². The van der Waals surface area contributed by atoms with Crippen LogP contribution in [-0.4, -0.2) is 89.1 Å². The number of hydrogen-bond donors (Lipinski definition) is 7. The summed E-state index contributed by atoms with van der Waals surface area (Å²) < 4.78 is 51.6. The minimum Gasteiger partial charge on any atom is -0.390 e. The molecule has 8 N–H and O–H groups in total. The Labute approximate surface area is 206 Å². The van der Waals surface area contributed by atoms with Gasteiger partial charge in [0.1, 0.15) is 12.3 Å². The van der Waals surface area contributed by atoms with Crippen molar-refractivity contribution in [2.24, 2.45) is 5.73 Å². The molecule has 1 aliphatic rings. The van der Waals surface area contributed by atoms with Crippen LogP contribution in [0.5, 0.6) is 0 Å². The number of nitrogens with zero attached hydrogens (tertiary/aromatic N) is 1. The molecule has 1 fully saturated rings. The average molecular weight is 546 g/mol. The molecule has 17 nitrogen and oxygen atoms in total. The Bertz CT molecular complexity index is 1110. The first-order chi connectivity index (χ1) is 14.6. The second-order valence-electron chi connectivity index (χ2n) is 6.21. The standard InChI is InChI=1S/C12H20N3O14P3.Na/c13-3-1-2-7-5-15(12(18)14-11(7)17)10-4-8(16)9(27-10)6-26-31(22,23)29-32(24,25)28-30(19,20)21;/h1-2,5,8-10,16H,3-4,6,13H2,(H,22,23)(H,24,25)(H,14,17,18)(H2,19,20,21);/t8-,9+,10+;/m0./s1. The Kier molecular flexibility index (Phi) is 11.3. The van der Waals surface area contributed by atoms with E-state index in [1.165, 1.54) is 12.2 Å². The number of rotatable bonds is 10. The van der Waals surface area contributed by atoms with Crippen molar-refractivity contribution in [1.29, 1.82) is 0 Å². The van der Waals surface area contributed by atoms with Crippen LogP contribution in [0.3, 0.4) is 0 Å². The Balaban J connectivity index is 0.00000544. The van der Waals surface area contributed by atoms with Crippen LogP contribution in [0.1, 0.15) is 18.2 Å². The van der Waals surface area contributed by atoms with Gasteiger partial charge in [-0.1, -0.05) is 12.2 Å². The van der Waals surface area contributed by atoms with Gasteiger partial charge in [-0.2, -0.15) is 8.62 Å². The van der Waals surface area contributed by atoms with E-state index in [1.807, 2.05) is 4.98 Å². The smallest absolute Gasteiger partial charge is 0.390 e. The fourth-order valence-electron chi connectivity index (χ4n) is 2.54. The van der Waals surface area contributed by atoms with E-state index in [-0.39, 0.29) is 48.1 Å². The van der Waals surface area contributed by atoms with E-state index in [9.17, 15) is 33.3 Å². The molecule has 21 heteroatoms. The number of aromatic nitrogens is 2. The Hall–Kier alpha value is -0.290. The number of phosphoric acid groups is 3. The van der Waals surface area contributed by atoms with Crippen LogP contribution in [0, 0.1) is 0 Å². The van der Waals surface area contributed by atoms with Crippen molar-refractivity contribution in [1.82, 2.24) is 9.55 Å². The first kappa shape index (κ1) is 30.7. The second kappa shape index (κ2) is 12.1. The molecule has 0 amide bonds. The number of nitrogens with one attached hydrogen (secondary N) is 1. The van der Waals surface area contributed by atoms with E-state index in [4.69, 9.17) is 25.2 Å². The van der Waals surface area contributed by atoms with Crippen molar-refractivity contribution in [3.8, 4) is 0 Å². The van der Waals surface area contributed by atoms with Crippen molar-refractivity contribution in [2.75, 3.05) is 13.2 Å². The molecule has 0 spiro atoms. The van der Waals surface area contributed by atoms with E-state index >= 15 is 0 Å². The summed E-state index contributed by atoms with van der Waals surface area (Å²) in [6.45, 7) is -0.778. The first-order valence-electron chi connectivity index (χ1n) is 8.46. The van der Waals surface area contributed by atoms with Crippen LogP contribution < -0.4 is 17.0 Å². The SMILES string of the molecule is NCC=Cc1cn([C@H]2C[C@H](O)[C@@H](COP(=O)(O)OP(=O)(O)OP(=O)(O)O)O2)c(=O)[nH]c1=O.[Na]. The van der Waals surface area contributed by atoms with Crippen LogP contribution >= 0.6 is 23.5 Å². The normalized spacial score (nSPS) is 24.8. The minimum atomic E-state index is -5.70. The molecule has 0 aromatic carbocycles. The quantitative estimate of drug-likeness (QED) is 0.125. The zero-order chi connectivity index (χ0) is 24.3. The molecule has 1 radical (unpaired) electrons. The summed E-state index contributed by atoms with van der Waals surface area (Å²) in [7, 11) is -16.7. The van der Waals surface area contributed by atoms with Gasteiger partial charge in [-0.25, -0.2) is 18.5 Å². The number of aliphatic hydroxyl groups is 1. The third-order valence-corrected chi connectivity index (χ3v) is 7.56. The topological polar surface area (TPSA) is 270 Å². The molecule has 1 aliphatic heterocycles. The van der Waals surface area contributed by atoms with E-state index < -0.39 is 59.8 Å². The summed E-state index contributed by atoms with van der Waals surface area (Å²) in [4.78, 5) is 61.5. The predicted molar refractivity (Wildman–Crippen MR) is 110 cm³/mol. The van der Waals surface area contributed by atoms with Gasteiger partial charge in [0.2, 0.25) is 0 Å². The van der Waals surface area contributed by atoms with Gasteiger partial charge in [-0.15, -0.1) is 0 Å². The molecule has 0 saturated carbocycles. The van der Waals surface area contributed by atoms with E-state index in [0.29, 0.717) is 0 Å². The van der Waals surface area contributed by atoms with Gasteiger partial charge in [0, 0.05) is 48.7 Å². The number of phosphoric ester groups is 1. The van der Waals surface area contributed by atoms with Crippen molar-refractivity contribution in [2.45, 2.75) is 24.9 Å². The van der Waals surface area contributed by atoms with Crippen LogP contribution in [0.25, 0.3) is 6.08 Å². The van der Waals surface area contributed by atoms with E-state index in [2.05, 4.69) is 13.1 Å². The number of hydrogen-bond acceptors (Lipinski definition) is 11. The zero-order valence-electron chi connectivity index (χ0n) is 16.9. The Morgan fingerprint density at radius 2 is 1.82 bits per heavy atom. The Morgan fingerprint density at radius 1 is 1.18 bits per heavy atom. The summed E-state index contributed by atoms with van der Waals surface area (Å²) in [6, 6.07) is 0. The van der Waals surface area contributed by atoms with Gasteiger partial charge in [0.25, 0.3) is 5.56 Å². The molecule has 2 unspecified atom stereocenters. The zero-order valence-corrected chi connectivity index (χ0v) is 21.5. The maximum absolute atomic E-state index is 12.1. The predicted octanol–water partition coefficient (Wildman–Crippen LogP) is -1.88. The minimum absolute atomic E-state index is 0. The van der Waals surface area contributed by atoms with Crippen molar-refractivity contribution < 1.29 is 56.3 Å². The van der Waals surface area contributed by atoms with Gasteiger partial charge in [0.05, 0.1) is 18.3 Å². The summed E-state index contributed by atoms with van der Waals surface area (Å²) >= 11 is 0. The number of aromatic amines is 1. The first-order valence-corrected chi connectivity index (χ1v) is 13.0. The van der Waals surface area contributed by atoms with E-state index in [0.717, 1.165) is 10.8 Å². The summed E-state index contributed by atoms with van der Waals surface area (Å²) in [5, 5.41) is 10.1. The van der Waals surface area contributed by atoms with Crippen molar-refractivity contribution >= 4 is 59.1 Å². The molecule has 183 valence electrons. The molecule has 1 saturated heterocycles. The summed E-state index contributed by atoms with van der Waals surface area (Å²) in [5.74, 6) is 0. The molecular weight excluding hydrogens is 526 g/mol. The molecule has 0 aliphatic carbocycles. The van der Waals surface area contributed by atoms with Gasteiger partial charge in [-0.3, -0.25) is 18.9 Å². The van der Waals surface area contributed by atoms with Crippen LogP contribution in [0.2, 0.25) is 0 Å². The maximum atomic E-state index is 12.1. The molecule has 0 bridgehead atoms. The van der Waals surface area contributed by atoms with E-state index in [1.54, 1.807) is 0 Å². The fourth-order valence-corrected chi connectivity index (χ4v) is 5.57. The van der Waals surface area contributed by atoms with Gasteiger partial charge in [0.15, 0.2) is 0 Å². The third kappa shape index (κ3) is 9.70. The molecule has 2 heterocycles. The molecule has 33 heavy (non-hydrogen) atoms. The molecule has 2 rings (SSSR count). The van der Waals surface area contributed by atoms with Gasteiger partial charge >= 0.3 is 29.2 Å². The Morgan fingerprint density at radius 3 is 2.39 bits per heavy atom. The average Bonchev–Trinajstić information content (AvgIpc) is 2.97. The van der Waals surface area contributed by atoms with Gasteiger partial charge < -0.3 is 35.2 Å². The molecular formula is C12H20N3NaO14P3. The largest absolute Gasteiger partial charge is 0.490 e. The number of ether oxygens (including phenoxy) is 1. The number of aliphatic hydroxyl groups excluding tert-OH is 1. The molecule has 5 atom stereocenters. The number of H-pyrrole nitrogens is 1. The number of nitrogens with two attached hydrogens (primary N) is 1. The van der Waals surface area contributed by atoms with Gasteiger partial charge in [-0.05, 0) is 0 Å². The summed E-state index contributed by atoms with van der Waals surface area (Å²) in [5.41, 5.74) is 3.81. The monoisotopic (exact) mass is 546 g/mol. The third-order valence-electron chi connectivity index (χ3n) is 3.76. The van der Waals surface area contributed by atoms with Crippen LogP contribution in [-0.2, 0) is 31.6 Å². The maximum Gasteiger partial charge on any atom is 0.490 e. The molecule has 1 aromatic heterocycles. The molecule has 1 aromatic rings. The fraction of sp³-hybridized carbons (Fsp3) is 0.500. The second-order valence-corrected chi connectivity index (χ2v) is 10.6. The van der Waals surface area contributed by atoms with Crippen LogP contribution in [0.15, 0.2) is 21.9 Å². The van der Waals surface area contributed by atoms with Crippen molar-refractivity contribution in [3.05, 3.63) is 38.7 Å². The van der Waals surface area contributed by atoms with Crippen LogP contribution in [0.4, 0.5) is 0 Å². The summed E-state index contributed by atoms with van der Waals surface area (Å²) in [6.07, 6.45) is -0.0802.